The number of rotatable bonds is 17. The highest BCUT2D eigenvalue weighted by molar-refractivity contribution is 7.90. The van der Waals surface area contributed by atoms with Crippen LogP contribution < -0.4 is 15.1 Å². The fraction of sp³-hybridized carbons (Fsp3) is 0.571. The maximum atomic E-state index is 13.8. The average Bonchev–Trinajstić information content (AvgIpc) is 3.28. The third-order valence-corrected chi connectivity index (χ3v) is 15.6. The predicted molar refractivity (Wildman–Crippen MR) is 191 cm³/mol. The average molecular weight is 668 g/mol. The standard InChI is InChI=1S/C35H53N5O4SSi/c1-9-19-30(38-45(42)33(3,4)5)31-35(8,44-32(41)40(31)25-18-17-24-37-39-36)27(10-2)26-34(6,7)46(43,28-20-13-11-14-21-28)29-22-15-12-16-23-29/h9,11-16,20-23,27,30-31,38,43H,1,10,17-19,24-26H2,2-8H3/t27-,30+,31+,35+,45-/m0/s1. The Kier molecular flexibility index (Phi) is 13.0. The molecule has 46 heavy (non-hydrogen) atoms. The Bertz CT molecular complexity index is 1300. The van der Waals surface area contributed by atoms with Crippen LogP contribution in [0.25, 0.3) is 10.4 Å². The fourth-order valence-electron chi connectivity index (χ4n) is 6.97. The number of benzene rings is 2. The zero-order valence-electron chi connectivity index (χ0n) is 28.6. The smallest absolute Gasteiger partial charge is 0.410 e. The molecule has 11 heteroatoms. The SMILES string of the molecule is C=CC[C@@H](N[S@@+]([O-])C(C)(C)C)[C@H]1N(CCCCN=[N+]=[N-])C(=O)O[C@]1(C)[C@@H](CC)CC(C)(C)[Si](O)(c1ccccc1)c1ccccc1. The minimum Gasteiger partial charge on any atom is -0.598 e. The number of amides is 1. The maximum absolute atomic E-state index is 13.8. The van der Waals surface area contributed by atoms with Gasteiger partial charge in [-0.3, -0.25) is 4.90 Å². The van der Waals surface area contributed by atoms with Gasteiger partial charge in [-0.1, -0.05) is 92.6 Å². The van der Waals surface area contributed by atoms with Gasteiger partial charge in [0.2, 0.25) is 0 Å². The van der Waals surface area contributed by atoms with E-state index in [1.807, 2.05) is 88.4 Å². The van der Waals surface area contributed by atoms with Gasteiger partial charge in [0, 0.05) is 35.3 Å². The van der Waals surface area contributed by atoms with Crippen molar-refractivity contribution in [2.75, 3.05) is 13.1 Å². The largest absolute Gasteiger partial charge is 0.598 e. The van der Waals surface area contributed by atoms with Gasteiger partial charge in [-0.05, 0) is 80.7 Å². The molecule has 0 bridgehead atoms. The number of hydrogen-bond donors (Lipinski definition) is 2. The number of hydrogen-bond acceptors (Lipinski definition) is 6. The highest BCUT2D eigenvalue weighted by Gasteiger charge is 2.60. The van der Waals surface area contributed by atoms with Crippen LogP contribution in [-0.4, -0.2) is 64.2 Å². The zero-order chi connectivity index (χ0) is 34.2. The van der Waals surface area contributed by atoms with E-state index in [9.17, 15) is 14.1 Å². The Labute approximate surface area is 279 Å². The second kappa shape index (κ2) is 15.9. The lowest BCUT2D eigenvalue weighted by Gasteiger charge is -2.47. The van der Waals surface area contributed by atoms with Crippen molar-refractivity contribution in [2.45, 2.75) is 108 Å². The monoisotopic (exact) mass is 667 g/mol. The van der Waals surface area contributed by atoms with Crippen molar-refractivity contribution in [1.82, 2.24) is 9.62 Å². The molecule has 2 aromatic carbocycles. The van der Waals surface area contributed by atoms with Gasteiger partial charge in [0.25, 0.3) is 8.32 Å². The lowest BCUT2D eigenvalue weighted by molar-refractivity contribution is -0.0196. The predicted octanol–water partition coefficient (Wildman–Crippen LogP) is 6.60. The van der Waals surface area contributed by atoms with Crippen molar-refractivity contribution in [2.24, 2.45) is 11.0 Å². The molecule has 5 atom stereocenters. The lowest BCUT2D eigenvalue weighted by Crippen LogP contribution is -2.66. The Balaban J connectivity index is 2.10. The molecule has 9 nitrogen and oxygen atoms in total. The van der Waals surface area contributed by atoms with Crippen LogP contribution in [0.3, 0.4) is 0 Å². The molecular formula is C35H53N5O4SSi. The summed E-state index contributed by atoms with van der Waals surface area (Å²) < 4.78 is 22.8. The summed E-state index contributed by atoms with van der Waals surface area (Å²) in [6.45, 7) is 18.9. The topological polar surface area (TPSA) is 134 Å². The maximum Gasteiger partial charge on any atom is 0.410 e. The second-order valence-electron chi connectivity index (χ2n) is 14.1. The van der Waals surface area contributed by atoms with Crippen molar-refractivity contribution >= 4 is 36.1 Å². The molecule has 252 valence electrons. The van der Waals surface area contributed by atoms with Crippen LogP contribution in [0.1, 0.15) is 80.6 Å². The van der Waals surface area contributed by atoms with Gasteiger partial charge in [0.1, 0.15) is 10.3 Å². The van der Waals surface area contributed by atoms with E-state index in [1.54, 1.807) is 11.0 Å². The van der Waals surface area contributed by atoms with E-state index in [-0.39, 0.29) is 5.92 Å². The summed E-state index contributed by atoms with van der Waals surface area (Å²) in [5.41, 5.74) is 7.73. The number of cyclic esters (lactones) is 1. The molecule has 0 radical (unpaired) electrons. The van der Waals surface area contributed by atoms with Gasteiger partial charge in [0.05, 0.1) is 12.1 Å². The number of nitrogens with zero attached hydrogens (tertiary/aromatic N) is 4. The lowest BCUT2D eigenvalue weighted by atomic mass is 9.74. The normalized spacial score (nSPS) is 20.8. The molecule has 1 amide bonds. The highest BCUT2D eigenvalue weighted by atomic mass is 32.2. The van der Waals surface area contributed by atoms with Gasteiger partial charge >= 0.3 is 6.09 Å². The van der Waals surface area contributed by atoms with Crippen LogP contribution in [0, 0.1) is 5.92 Å². The number of unbranched alkanes of at least 4 members (excludes halogenated alkanes) is 1. The number of carbonyl (C=O) groups excluding carboxylic acids is 1. The molecule has 2 N–H and O–H groups in total. The van der Waals surface area contributed by atoms with Crippen LogP contribution in [0.4, 0.5) is 4.79 Å². The summed E-state index contributed by atoms with van der Waals surface area (Å²) >= 11 is -1.41. The van der Waals surface area contributed by atoms with E-state index >= 15 is 0 Å². The van der Waals surface area contributed by atoms with Crippen molar-refractivity contribution < 1.29 is 18.9 Å². The van der Waals surface area contributed by atoms with Gasteiger partial charge in [-0.2, -0.15) is 0 Å². The summed E-state index contributed by atoms with van der Waals surface area (Å²) in [4.78, 5) is 31.3. The molecule has 0 aliphatic carbocycles. The fourth-order valence-corrected chi connectivity index (χ4v) is 11.6. The first kappa shape index (κ1) is 37.7. The van der Waals surface area contributed by atoms with Crippen molar-refractivity contribution in [3.05, 3.63) is 83.8 Å². The Morgan fingerprint density at radius 2 is 1.72 bits per heavy atom. The van der Waals surface area contributed by atoms with E-state index in [0.717, 1.165) is 10.4 Å². The quantitative estimate of drug-likeness (QED) is 0.0373. The molecule has 1 aliphatic rings. The Morgan fingerprint density at radius 1 is 1.15 bits per heavy atom. The summed E-state index contributed by atoms with van der Waals surface area (Å²) in [5.74, 6) is -0.145. The molecular weight excluding hydrogens is 615 g/mol. The zero-order valence-corrected chi connectivity index (χ0v) is 30.4. The van der Waals surface area contributed by atoms with Crippen molar-refractivity contribution in [1.29, 1.82) is 0 Å². The Morgan fingerprint density at radius 3 is 2.20 bits per heavy atom. The van der Waals surface area contributed by atoms with E-state index < -0.39 is 53.2 Å². The first-order valence-electron chi connectivity index (χ1n) is 16.3. The van der Waals surface area contributed by atoms with Gasteiger partial charge in [-0.25, -0.2) is 4.79 Å². The van der Waals surface area contributed by atoms with Crippen LogP contribution in [0.15, 0.2) is 78.4 Å². The van der Waals surface area contributed by atoms with Crippen LogP contribution in [0.2, 0.25) is 5.04 Å². The third-order valence-electron chi connectivity index (χ3n) is 9.47. The van der Waals surface area contributed by atoms with E-state index in [2.05, 4.69) is 42.1 Å². The van der Waals surface area contributed by atoms with Gasteiger partial charge in [-0.15, -0.1) is 11.3 Å². The van der Waals surface area contributed by atoms with Crippen LogP contribution in [0.5, 0.6) is 0 Å². The minimum atomic E-state index is -3.35. The number of carbonyl (C=O) groups is 1. The van der Waals surface area contributed by atoms with Crippen molar-refractivity contribution in [3.63, 3.8) is 0 Å². The molecule has 0 aromatic heterocycles. The van der Waals surface area contributed by atoms with E-state index in [4.69, 9.17) is 10.3 Å². The van der Waals surface area contributed by atoms with Gasteiger partial charge in [0.15, 0.2) is 0 Å². The molecule has 2 aromatic rings. The third kappa shape index (κ3) is 8.19. The molecule has 0 saturated carbocycles. The molecule has 1 heterocycles. The van der Waals surface area contributed by atoms with Crippen LogP contribution in [-0.2, 0) is 16.1 Å². The Hall–Kier alpha value is -2.79. The summed E-state index contributed by atoms with van der Waals surface area (Å²) in [7, 11) is -3.35. The number of ether oxygens (including phenoxy) is 1. The first-order valence-corrected chi connectivity index (χ1v) is 19.4. The molecule has 0 unspecified atom stereocenters. The summed E-state index contributed by atoms with van der Waals surface area (Å²) in [6.07, 6.45) is 4.39. The highest BCUT2D eigenvalue weighted by Crippen LogP contribution is 2.49. The summed E-state index contributed by atoms with van der Waals surface area (Å²) in [5, 5.41) is 4.93. The molecule has 3 rings (SSSR count). The molecule has 1 fully saturated rings. The van der Waals surface area contributed by atoms with Crippen molar-refractivity contribution in [3.8, 4) is 0 Å². The molecule has 0 spiro atoms. The number of nitrogens with one attached hydrogen (secondary N) is 1. The van der Waals surface area contributed by atoms with Gasteiger partial charge < -0.3 is 14.1 Å². The second-order valence-corrected chi connectivity index (χ2v) is 20.0. The summed E-state index contributed by atoms with van der Waals surface area (Å²) in [6, 6.07) is 19.0. The minimum absolute atomic E-state index is 0.145. The molecule has 1 saturated heterocycles. The first-order chi connectivity index (χ1) is 21.7. The number of azide groups is 1. The van der Waals surface area contributed by atoms with Crippen LogP contribution >= 0.6 is 0 Å². The van der Waals surface area contributed by atoms with E-state index in [0.29, 0.717) is 45.2 Å². The van der Waals surface area contributed by atoms with E-state index in [1.165, 1.54) is 0 Å². The molecule has 1 aliphatic heterocycles.